The lowest BCUT2D eigenvalue weighted by atomic mass is 10.0. The highest BCUT2D eigenvalue weighted by molar-refractivity contribution is 7.99. The topological polar surface area (TPSA) is 62.2 Å². The first-order chi connectivity index (χ1) is 9.13. The SMILES string of the molecule is CCSc1cc(C(=O)NCC2(O)CCCC2)ccn1. The van der Waals surface area contributed by atoms with E-state index in [0.29, 0.717) is 12.1 Å². The summed E-state index contributed by atoms with van der Waals surface area (Å²) in [4.78, 5) is 16.2. The molecule has 0 aliphatic heterocycles. The summed E-state index contributed by atoms with van der Waals surface area (Å²) in [6, 6.07) is 3.50. The zero-order valence-corrected chi connectivity index (χ0v) is 12.0. The quantitative estimate of drug-likeness (QED) is 0.812. The lowest BCUT2D eigenvalue weighted by molar-refractivity contribution is 0.0449. The van der Waals surface area contributed by atoms with Crippen LogP contribution in [0.5, 0.6) is 0 Å². The van der Waals surface area contributed by atoms with Gasteiger partial charge in [-0.1, -0.05) is 19.8 Å². The van der Waals surface area contributed by atoms with Crippen LogP contribution in [0.3, 0.4) is 0 Å². The molecule has 5 heteroatoms. The fourth-order valence-electron chi connectivity index (χ4n) is 2.33. The van der Waals surface area contributed by atoms with Crippen molar-refractivity contribution in [3.05, 3.63) is 23.9 Å². The van der Waals surface area contributed by atoms with E-state index < -0.39 is 5.60 Å². The summed E-state index contributed by atoms with van der Waals surface area (Å²) in [5.41, 5.74) is -0.100. The van der Waals surface area contributed by atoms with Crippen molar-refractivity contribution in [2.24, 2.45) is 0 Å². The highest BCUT2D eigenvalue weighted by Gasteiger charge is 2.31. The fourth-order valence-corrected chi connectivity index (χ4v) is 2.98. The van der Waals surface area contributed by atoms with Crippen molar-refractivity contribution in [2.75, 3.05) is 12.3 Å². The number of hydrogen-bond acceptors (Lipinski definition) is 4. The van der Waals surface area contributed by atoms with E-state index in [0.717, 1.165) is 36.5 Å². The number of hydrogen-bond donors (Lipinski definition) is 2. The molecule has 1 fully saturated rings. The predicted molar refractivity (Wildman–Crippen MR) is 76.4 cm³/mol. The normalized spacial score (nSPS) is 17.4. The van der Waals surface area contributed by atoms with Crippen LogP contribution in [0.15, 0.2) is 23.4 Å². The molecule has 0 spiro atoms. The molecular formula is C14H20N2O2S. The lowest BCUT2D eigenvalue weighted by Gasteiger charge is -2.22. The maximum Gasteiger partial charge on any atom is 0.251 e. The molecule has 1 amide bonds. The smallest absolute Gasteiger partial charge is 0.251 e. The Labute approximate surface area is 118 Å². The maximum atomic E-state index is 12.0. The van der Waals surface area contributed by atoms with E-state index in [2.05, 4.69) is 17.2 Å². The van der Waals surface area contributed by atoms with E-state index in [1.807, 2.05) is 0 Å². The van der Waals surface area contributed by atoms with E-state index in [1.54, 1.807) is 30.1 Å². The van der Waals surface area contributed by atoms with Crippen LogP contribution in [0.4, 0.5) is 0 Å². The average Bonchev–Trinajstić information content (AvgIpc) is 2.84. The second-order valence-corrected chi connectivity index (χ2v) is 6.21. The molecule has 2 N–H and O–H groups in total. The Morgan fingerprint density at radius 3 is 2.95 bits per heavy atom. The molecule has 1 aromatic rings. The van der Waals surface area contributed by atoms with Crippen LogP contribution >= 0.6 is 11.8 Å². The van der Waals surface area contributed by atoms with Crippen molar-refractivity contribution < 1.29 is 9.90 Å². The van der Waals surface area contributed by atoms with E-state index >= 15 is 0 Å². The molecule has 19 heavy (non-hydrogen) atoms. The largest absolute Gasteiger partial charge is 0.388 e. The molecule has 4 nitrogen and oxygen atoms in total. The lowest BCUT2D eigenvalue weighted by Crippen LogP contribution is -2.40. The minimum absolute atomic E-state index is 0.138. The third kappa shape index (κ3) is 3.94. The van der Waals surface area contributed by atoms with Gasteiger partial charge < -0.3 is 10.4 Å². The van der Waals surface area contributed by atoms with Crippen LogP contribution in [0.25, 0.3) is 0 Å². The van der Waals surface area contributed by atoms with Crippen LogP contribution in [0.2, 0.25) is 0 Å². The third-order valence-electron chi connectivity index (χ3n) is 3.40. The van der Waals surface area contributed by atoms with Crippen molar-refractivity contribution in [1.82, 2.24) is 10.3 Å². The van der Waals surface area contributed by atoms with Crippen molar-refractivity contribution in [1.29, 1.82) is 0 Å². The Morgan fingerprint density at radius 1 is 1.53 bits per heavy atom. The van der Waals surface area contributed by atoms with Gasteiger partial charge >= 0.3 is 0 Å². The van der Waals surface area contributed by atoms with E-state index in [4.69, 9.17) is 0 Å². The molecule has 2 rings (SSSR count). The van der Waals surface area contributed by atoms with Crippen molar-refractivity contribution >= 4 is 17.7 Å². The summed E-state index contributed by atoms with van der Waals surface area (Å²) in [5.74, 6) is 0.790. The number of carbonyl (C=O) groups excluding carboxylic acids is 1. The molecular weight excluding hydrogens is 260 g/mol. The van der Waals surface area contributed by atoms with E-state index in [-0.39, 0.29) is 5.91 Å². The first kappa shape index (κ1) is 14.3. The van der Waals surface area contributed by atoms with Crippen molar-refractivity contribution in [3.63, 3.8) is 0 Å². The first-order valence-corrected chi connectivity index (χ1v) is 7.71. The van der Waals surface area contributed by atoms with Gasteiger partial charge in [0.1, 0.15) is 0 Å². The van der Waals surface area contributed by atoms with Gasteiger partial charge in [-0.05, 0) is 30.7 Å². The van der Waals surface area contributed by atoms with Crippen molar-refractivity contribution in [2.45, 2.75) is 43.2 Å². The Bertz CT molecular complexity index is 445. The number of aromatic nitrogens is 1. The summed E-state index contributed by atoms with van der Waals surface area (Å²) in [6.07, 6.45) is 5.29. The van der Waals surface area contributed by atoms with Gasteiger partial charge in [-0.2, -0.15) is 0 Å². The zero-order chi connectivity index (χ0) is 13.7. The maximum absolute atomic E-state index is 12.0. The summed E-state index contributed by atoms with van der Waals surface area (Å²) >= 11 is 1.61. The molecule has 0 saturated heterocycles. The number of rotatable bonds is 5. The number of carbonyl (C=O) groups is 1. The number of amides is 1. The molecule has 0 aromatic carbocycles. The molecule has 0 unspecified atom stereocenters. The Morgan fingerprint density at radius 2 is 2.26 bits per heavy atom. The minimum Gasteiger partial charge on any atom is -0.388 e. The minimum atomic E-state index is -0.705. The fraction of sp³-hybridized carbons (Fsp3) is 0.571. The van der Waals surface area contributed by atoms with Crippen LogP contribution in [-0.4, -0.2) is 33.9 Å². The van der Waals surface area contributed by atoms with Crippen LogP contribution in [0, 0.1) is 0 Å². The van der Waals surface area contributed by atoms with Gasteiger partial charge in [0, 0.05) is 18.3 Å². The number of aliphatic hydroxyl groups is 1. The van der Waals surface area contributed by atoms with Crippen LogP contribution in [0.1, 0.15) is 43.0 Å². The Balaban J connectivity index is 1.93. The molecule has 0 atom stereocenters. The molecule has 1 aliphatic carbocycles. The van der Waals surface area contributed by atoms with E-state index in [1.165, 1.54) is 0 Å². The number of nitrogens with one attached hydrogen (secondary N) is 1. The second kappa shape index (κ2) is 6.39. The van der Waals surface area contributed by atoms with Gasteiger partial charge in [-0.25, -0.2) is 4.98 Å². The van der Waals surface area contributed by atoms with Gasteiger partial charge in [-0.3, -0.25) is 4.79 Å². The standard InChI is InChI=1S/C14H20N2O2S/c1-2-19-12-9-11(5-8-15-12)13(17)16-10-14(18)6-3-4-7-14/h5,8-9,18H,2-4,6-7,10H2,1H3,(H,16,17). The summed E-state index contributed by atoms with van der Waals surface area (Å²) in [7, 11) is 0. The summed E-state index contributed by atoms with van der Waals surface area (Å²) in [6.45, 7) is 2.39. The van der Waals surface area contributed by atoms with Gasteiger partial charge in [0.2, 0.25) is 0 Å². The molecule has 1 aliphatic rings. The van der Waals surface area contributed by atoms with E-state index in [9.17, 15) is 9.90 Å². The highest BCUT2D eigenvalue weighted by Crippen LogP contribution is 2.28. The Hall–Kier alpha value is -1.07. The molecule has 0 radical (unpaired) electrons. The number of thioether (sulfide) groups is 1. The van der Waals surface area contributed by atoms with Gasteiger partial charge in [-0.15, -0.1) is 11.8 Å². The highest BCUT2D eigenvalue weighted by atomic mass is 32.2. The number of pyridine rings is 1. The Kier molecular flexibility index (Phi) is 4.82. The van der Waals surface area contributed by atoms with Crippen LogP contribution in [-0.2, 0) is 0 Å². The average molecular weight is 280 g/mol. The second-order valence-electron chi connectivity index (χ2n) is 4.93. The molecule has 104 valence electrons. The summed E-state index contributed by atoms with van der Waals surface area (Å²) < 4.78 is 0. The predicted octanol–water partition coefficient (Wildman–Crippen LogP) is 2.23. The molecule has 1 aromatic heterocycles. The van der Waals surface area contributed by atoms with Crippen molar-refractivity contribution in [3.8, 4) is 0 Å². The molecule has 1 heterocycles. The first-order valence-electron chi connectivity index (χ1n) is 6.72. The number of nitrogens with zero attached hydrogens (tertiary/aromatic N) is 1. The van der Waals surface area contributed by atoms with Gasteiger partial charge in [0.05, 0.1) is 10.6 Å². The third-order valence-corrected chi connectivity index (χ3v) is 4.21. The molecule has 1 saturated carbocycles. The molecule has 0 bridgehead atoms. The van der Waals surface area contributed by atoms with Gasteiger partial charge in [0.15, 0.2) is 0 Å². The monoisotopic (exact) mass is 280 g/mol. The van der Waals surface area contributed by atoms with Gasteiger partial charge in [0.25, 0.3) is 5.91 Å². The summed E-state index contributed by atoms with van der Waals surface area (Å²) in [5, 5.41) is 13.9. The van der Waals surface area contributed by atoms with Crippen LogP contribution < -0.4 is 5.32 Å². The zero-order valence-electron chi connectivity index (χ0n) is 11.2.